The Morgan fingerprint density at radius 3 is 2.53 bits per heavy atom. The van der Waals surface area contributed by atoms with Gasteiger partial charge in [0.1, 0.15) is 9.84 Å². The fraction of sp³-hybridized carbons (Fsp3) is 0.500. The lowest BCUT2D eigenvalue weighted by Gasteiger charge is -2.16. The van der Waals surface area contributed by atoms with Crippen LogP contribution >= 0.6 is 0 Å². The van der Waals surface area contributed by atoms with E-state index in [2.05, 4.69) is 5.32 Å². The summed E-state index contributed by atoms with van der Waals surface area (Å²) in [4.78, 5) is 10.5. The zero-order valence-electron chi connectivity index (χ0n) is 11.0. The number of nitrogens with zero attached hydrogens (tertiary/aromatic N) is 1. The second-order valence-electron chi connectivity index (χ2n) is 4.44. The van der Waals surface area contributed by atoms with Gasteiger partial charge in [0.05, 0.1) is 10.7 Å². The van der Waals surface area contributed by atoms with Gasteiger partial charge in [-0.1, -0.05) is 25.1 Å². The highest BCUT2D eigenvalue weighted by atomic mass is 32.2. The average Bonchev–Trinajstić information content (AvgIpc) is 2.27. The third-order valence-electron chi connectivity index (χ3n) is 2.65. The van der Waals surface area contributed by atoms with Crippen molar-refractivity contribution in [3.05, 3.63) is 39.9 Å². The van der Waals surface area contributed by atoms with Crippen molar-refractivity contribution in [2.45, 2.75) is 19.4 Å². The molecule has 0 aromatic heterocycles. The Kier molecular flexibility index (Phi) is 5.44. The number of hydrogen-bond donors (Lipinski definition) is 1. The largest absolute Gasteiger partial charge is 0.313 e. The van der Waals surface area contributed by atoms with E-state index in [-0.39, 0.29) is 17.5 Å². The van der Waals surface area contributed by atoms with Crippen molar-refractivity contribution in [2.75, 3.05) is 18.6 Å². The summed E-state index contributed by atoms with van der Waals surface area (Å²) in [5.41, 5.74) is 0.570. The summed E-state index contributed by atoms with van der Waals surface area (Å²) < 4.78 is 22.7. The fourth-order valence-electron chi connectivity index (χ4n) is 1.97. The van der Waals surface area contributed by atoms with Crippen molar-refractivity contribution in [3.63, 3.8) is 0 Å². The van der Waals surface area contributed by atoms with Crippen LogP contribution in [0.4, 0.5) is 5.69 Å². The molecule has 0 amide bonds. The Hall–Kier alpha value is -1.47. The van der Waals surface area contributed by atoms with Gasteiger partial charge in [-0.2, -0.15) is 0 Å². The maximum Gasteiger partial charge on any atom is 0.272 e. The van der Waals surface area contributed by atoms with E-state index in [0.717, 1.165) is 6.26 Å². The van der Waals surface area contributed by atoms with Crippen LogP contribution in [0.1, 0.15) is 12.5 Å². The summed E-state index contributed by atoms with van der Waals surface area (Å²) in [6, 6.07) is 6.08. The van der Waals surface area contributed by atoms with Crippen molar-refractivity contribution >= 4 is 15.5 Å². The fourth-order valence-corrected chi connectivity index (χ4v) is 2.94. The van der Waals surface area contributed by atoms with E-state index in [1.165, 1.54) is 6.07 Å². The standard InChI is InChI=1S/C12H18N2O4S/c1-3-13-11(9-19(2,17)18)8-10-6-4-5-7-12(10)14(15)16/h4-7,11,13H,3,8-9H2,1-2H3. The Balaban J connectivity index is 2.93. The molecule has 106 valence electrons. The average molecular weight is 286 g/mol. The number of rotatable bonds is 7. The highest BCUT2D eigenvalue weighted by Gasteiger charge is 2.20. The Morgan fingerprint density at radius 1 is 1.37 bits per heavy atom. The minimum atomic E-state index is -3.13. The Morgan fingerprint density at radius 2 is 2.00 bits per heavy atom. The first kappa shape index (κ1) is 15.6. The lowest BCUT2D eigenvalue weighted by atomic mass is 10.1. The Labute approximate surface area is 112 Å². The maximum atomic E-state index is 11.4. The number of nitro groups is 1. The summed E-state index contributed by atoms with van der Waals surface area (Å²) in [5, 5.41) is 14.0. The smallest absolute Gasteiger partial charge is 0.272 e. The predicted octanol–water partition coefficient (Wildman–Crippen LogP) is 1.16. The predicted molar refractivity (Wildman–Crippen MR) is 74.0 cm³/mol. The SMILES string of the molecule is CCNC(Cc1ccccc1[N+](=O)[O-])CS(C)(=O)=O. The highest BCUT2D eigenvalue weighted by molar-refractivity contribution is 7.90. The number of sulfone groups is 1. The van der Waals surface area contributed by atoms with Crippen LogP contribution in [0, 0.1) is 10.1 Å². The van der Waals surface area contributed by atoms with Crippen LogP contribution in [0.2, 0.25) is 0 Å². The van der Waals surface area contributed by atoms with Crippen molar-refractivity contribution in [1.29, 1.82) is 0 Å². The molecule has 0 radical (unpaired) electrons. The van der Waals surface area contributed by atoms with Crippen LogP contribution in [0.25, 0.3) is 0 Å². The van der Waals surface area contributed by atoms with Crippen molar-refractivity contribution in [3.8, 4) is 0 Å². The zero-order valence-corrected chi connectivity index (χ0v) is 11.8. The molecule has 1 atom stereocenters. The van der Waals surface area contributed by atoms with E-state index >= 15 is 0 Å². The maximum absolute atomic E-state index is 11.4. The second kappa shape index (κ2) is 6.63. The van der Waals surface area contributed by atoms with Gasteiger partial charge in [-0.15, -0.1) is 0 Å². The summed E-state index contributed by atoms with van der Waals surface area (Å²) in [6.07, 6.45) is 1.48. The Bertz CT molecular complexity index is 542. The van der Waals surface area contributed by atoms with Gasteiger partial charge < -0.3 is 5.32 Å². The monoisotopic (exact) mass is 286 g/mol. The minimum Gasteiger partial charge on any atom is -0.313 e. The molecule has 1 aromatic rings. The third-order valence-corrected chi connectivity index (χ3v) is 3.66. The van der Waals surface area contributed by atoms with Gasteiger partial charge in [-0.05, 0) is 13.0 Å². The molecule has 0 aliphatic heterocycles. The summed E-state index contributed by atoms with van der Waals surface area (Å²) in [6.45, 7) is 2.48. The van der Waals surface area contributed by atoms with Gasteiger partial charge in [0.15, 0.2) is 0 Å². The normalized spacial score (nSPS) is 13.2. The molecule has 0 bridgehead atoms. The van der Waals surface area contributed by atoms with E-state index in [4.69, 9.17) is 0 Å². The van der Waals surface area contributed by atoms with Gasteiger partial charge >= 0.3 is 0 Å². The number of benzene rings is 1. The van der Waals surface area contributed by atoms with Crippen LogP contribution in [-0.4, -0.2) is 37.9 Å². The van der Waals surface area contributed by atoms with Crippen molar-refractivity contribution in [2.24, 2.45) is 0 Å². The molecule has 1 aromatic carbocycles. The first-order valence-electron chi connectivity index (χ1n) is 5.97. The van der Waals surface area contributed by atoms with Gasteiger partial charge in [0.2, 0.25) is 0 Å². The molecule has 1 N–H and O–H groups in total. The summed E-state index contributed by atoms with van der Waals surface area (Å²) in [7, 11) is -3.13. The molecule has 0 aliphatic rings. The zero-order chi connectivity index (χ0) is 14.5. The molecule has 1 rings (SSSR count). The van der Waals surface area contributed by atoms with Crippen LogP contribution in [0.3, 0.4) is 0 Å². The van der Waals surface area contributed by atoms with E-state index in [1.54, 1.807) is 18.2 Å². The second-order valence-corrected chi connectivity index (χ2v) is 6.62. The third kappa shape index (κ3) is 5.35. The molecule has 7 heteroatoms. The number of hydrogen-bond acceptors (Lipinski definition) is 5. The number of likely N-dealkylation sites (N-methyl/N-ethyl adjacent to an activating group) is 1. The van der Waals surface area contributed by atoms with Crippen LogP contribution in [0.15, 0.2) is 24.3 Å². The molecule has 0 fully saturated rings. The van der Waals surface area contributed by atoms with Crippen molar-refractivity contribution < 1.29 is 13.3 Å². The molecule has 19 heavy (non-hydrogen) atoms. The number of nitro benzene ring substituents is 1. The first-order valence-corrected chi connectivity index (χ1v) is 8.03. The lowest BCUT2D eigenvalue weighted by molar-refractivity contribution is -0.385. The van der Waals surface area contributed by atoms with Crippen LogP contribution in [-0.2, 0) is 16.3 Å². The molecule has 1 unspecified atom stereocenters. The molecular weight excluding hydrogens is 268 g/mol. The van der Waals surface area contributed by atoms with E-state index in [1.807, 2.05) is 6.92 Å². The number of nitrogens with one attached hydrogen (secondary N) is 1. The molecule has 6 nitrogen and oxygen atoms in total. The molecule has 0 saturated carbocycles. The molecule has 0 spiro atoms. The first-order chi connectivity index (χ1) is 8.83. The summed E-state index contributed by atoms with van der Waals surface area (Å²) >= 11 is 0. The van der Waals surface area contributed by atoms with E-state index in [0.29, 0.717) is 18.5 Å². The van der Waals surface area contributed by atoms with E-state index < -0.39 is 14.8 Å². The van der Waals surface area contributed by atoms with Gasteiger partial charge in [0, 0.05) is 23.9 Å². The number of para-hydroxylation sites is 1. The summed E-state index contributed by atoms with van der Waals surface area (Å²) in [5.74, 6) is -0.0348. The highest BCUT2D eigenvalue weighted by Crippen LogP contribution is 2.19. The van der Waals surface area contributed by atoms with Crippen LogP contribution in [0.5, 0.6) is 0 Å². The van der Waals surface area contributed by atoms with Gasteiger partial charge in [-0.25, -0.2) is 8.42 Å². The minimum absolute atomic E-state index is 0.0268. The molecule has 0 aliphatic carbocycles. The van der Waals surface area contributed by atoms with Gasteiger partial charge in [0.25, 0.3) is 5.69 Å². The molecule has 0 saturated heterocycles. The molecule has 0 heterocycles. The van der Waals surface area contributed by atoms with Crippen LogP contribution < -0.4 is 5.32 Å². The van der Waals surface area contributed by atoms with E-state index in [9.17, 15) is 18.5 Å². The van der Waals surface area contributed by atoms with Crippen molar-refractivity contribution in [1.82, 2.24) is 5.32 Å². The molecular formula is C12H18N2O4S. The quantitative estimate of drug-likeness (QED) is 0.600. The lowest BCUT2D eigenvalue weighted by Crippen LogP contribution is -2.37. The van der Waals surface area contributed by atoms with Gasteiger partial charge in [-0.3, -0.25) is 10.1 Å². The topological polar surface area (TPSA) is 89.3 Å².